The number of rotatable bonds is 22. The van der Waals surface area contributed by atoms with Gasteiger partial charge in [0.15, 0.2) is 5.69 Å². The summed E-state index contributed by atoms with van der Waals surface area (Å²) in [6.45, 7) is 7.29. The lowest BCUT2D eigenvalue weighted by atomic mass is 9.98. The van der Waals surface area contributed by atoms with Crippen LogP contribution in [0.3, 0.4) is 0 Å². The van der Waals surface area contributed by atoms with Crippen molar-refractivity contribution < 1.29 is 24.2 Å². The molecule has 0 bridgehead atoms. The van der Waals surface area contributed by atoms with Crippen LogP contribution < -0.4 is 0 Å². The van der Waals surface area contributed by atoms with Crippen molar-refractivity contribution in [3.05, 3.63) is 71.3 Å². The van der Waals surface area contributed by atoms with Gasteiger partial charge in [-0.1, -0.05) is 127 Å². The van der Waals surface area contributed by atoms with Gasteiger partial charge in [-0.2, -0.15) is 5.21 Å². The topological polar surface area (TPSA) is 145 Å². The Morgan fingerprint density at radius 1 is 0.820 bits per heavy atom. The van der Waals surface area contributed by atoms with Gasteiger partial charge in [0.2, 0.25) is 12.6 Å². The maximum Gasteiger partial charge on any atom is 0.359 e. The predicted molar refractivity (Wildman–Crippen MR) is 193 cm³/mol. The largest absolute Gasteiger partial charge is 0.428 e. The number of nitrogens with one attached hydrogen (secondary N) is 1. The minimum atomic E-state index is -1.41. The van der Waals surface area contributed by atoms with E-state index in [1.54, 1.807) is 18.4 Å². The molecule has 0 unspecified atom stereocenters. The van der Waals surface area contributed by atoms with Crippen molar-refractivity contribution in [1.82, 2.24) is 30.2 Å². The number of hydrogen-bond acceptors (Lipinski definition) is 9. The minimum Gasteiger partial charge on any atom is -0.428 e. The monoisotopic (exact) mass is 686 g/mol. The summed E-state index contributed by atoms with van der Waals surface area (Å²) < 4.78 is 12.5. The molecule has 0 aliphatic carbocycles. The molecule has 11 heteroatoms. The van der Waals surface area contributed by atoms with Crippen LogP contribution >= 0.6 is 0 Å². The SMILES string of the molecule is CCCCCCCCCCCCCC(=O)OCOC(=O)c1c(C(C)(C)O)nc(CCC)n1Cc1ccc(-c2ccccc2-c2nn[nH]n2)cc1. The first-order chi connectivity index (χ1) is 24.2. The Hall–Kier alpha value is -4.38. The molecule has 11 nitrogen and oxygen atoms in total. The molecular formula is C39H54N6O5. The molecule has 0 aliphatic rings. The molecule has 0 saturated heterocycles. The van der Waals surface area contributed by atoms with E-state index in [0.717, 1.165) is 47.9 Å². The number of ether oxygens (including phenoxy) is 2. The lowest BCUT2D eigenvalue weighted by Gasteiger charge is -2.18. The average molecular weight is 687 g/mol. The Morgan fingerprint density at radius 3 is 2.06 bits per heavy atom. The van der Waals surface area contributed by atoms with Gasteiger partial charge in [0.1, 0.15) is 17.1 Å². The highest BCUT2D eigenvalue weighted by Gasteiger charge is 2.32. The zero-order valence-corrected chi connectivity index (χ0v) is 30.2. The molecule has 2 aromatic carbocycles. The van der Waals surface area contributed by atoms with E-state index in [1.165, 1.54) is 51.4 Å². The molecule has 0 aliphatic heterocycles. The van der Waals surface area contributed by atoms with E-state index in [1.807, 2.05) is 55.5 Å². The molecule has 50 heavy (non-hydrogen) atoms. The van der Waals surface area contributed by atoms with Crippen LogP contribution in [0.1, 0.15) is 139 Å². The Morgan fingerprint density at radius 2 is 1.46 bits per heavy atom. The molecule has 2 heterocycles. The fraction of sp³-hybridized carbons (Fsp3) is 0.538. The fourth-order valence-electron chi connectivity index (χ4n) is 6.12. The van der Waals surface area contributed by atoms with Gasteiger partial charge in [-0.25, -0.2) is 9.78 Å². The maximum absolute atomic E-state index is 13.6. The van der Waals surface area contributed by atoms with Gasteiger partial charge in [0.25, 0.3) is 0 Å². The summed E-state index contributed by atoms with van der Waals surface area (Å²) >= 11 is 0. The molecule has 0 saturated carbocycles. The van der Waals surface area contributed by atoms with Crippen molar-refractivity contribution in [2.75, 3.05) is 6.79 Å². The smallest absolute Gasteiger partial charge is 0.359 e. The third kappa shape index (κ3) is 11.3. The van der Waals surface area contributed by atoms with Gasteiger partial charge in [-0.15, -0.1) is 10.2 Å². The van der Waals surface area contributed by atoms with Crippen molar-refractivity contribution in [2.24, 2.45) is 0 Å². The van der Waals surface area contributed by atoms with Gasteiger partial charge in [0.05, 0.1) is 0 Å². The average Bonchev–Trinajstić information content (AvgIpc) is 3.77. The van der Waals surface area contributed by atoms with Crippen LogP contribution in [-0.2, 0) is 32.8 Å². The van der Waals surface area contributed by atoms with Crippen molar-refractivity contribution in [3.63, 3.8) is 0 Å². The molecule has 0 spiro atoms. The van der Waals surface area contributed by atoms with Gasteiger partial charge in [0, 0.05) is 24.9 Å². The molecule has 0 amide bonds. The van der Waals surface area contributed by atoms with Gasteiger partial charge < -0.3 is 19.1 Å². The fourth-order valence-corrected chi connectivity index (χ4v) is 6.12. The third-order valence-electron chi connectivity index (χ3n) is 8.81. The summed E-state index contributed by atoms with van der Waals surface area (Å²) in [4.78, 5) is 30.7. The van der Waals surface area contributed by atoms with E-state index in [-0.39, 0.29) is 17.8 Å². The Bertz CT molecular complexity index is 1610. The number of H-pyrrole nitrogens is 1. The van der Waals surface area contributed by atoms with Crippen LogP contribution in [0.15, 0.2) is 48.5 Å². The molecule has 0 radical (unpaired) electrons. The summed E-state index contributed by atoms with van der Waals surface area (Å²) in [6, 6.07) is 15.8. The highest BCUT2D eigenvalue weighted by atomic mass is 16.7. The zero-order valence-electron chi connectivity index (χ0n) is 30.2. The van der Waals surface area contributed by atoms with Crippen LogP contribution in [0.4, 0.5) is 0 Å². The quantitative estimate of drug-likeness (QED) is 0.0473. The molecule has 4 aromatic rings. The van der Waals surface area contributed by atoms with E-state index in [2.05, 4.69) is 27.5 Å². The molecular weight excluding hydrogens is 632 g/mol. The summed E-state index contributed by atoms with van der Waals surface area (Å²) in [5.41, 5.74) is 2.68. The van der Waals surface area contributed by atoms with E-state index >= 15 is 0 Å². The standard InChI is InChI=1S/C39H54N6O5/c1-5-7-8-9-10-11-12-13-14-15-16-22-34(46)49-28-50-38(47)35-36(39(3,4)48)40-33(19-6-2)45(35)27-29-23-25-30(26-24-29)31-20-17-18-21-32(31)37-41-43-44-42-37/h17-18,20-21,23-26,48H,5-16,19,22,27-28H2,1-4H3,(H,41,42,43,44). The van der Waals surface area contributed by atoms with Crippen molar-refractivity contribution in [3.8, 4) is 22.5 Å². The van der Waals surface area contributed by atoms with E-state index in [0.29, 0.717) is 24.6 Å². The first-order valence-corrected chi connectivity index (χ1v) is 18.3. The summed E-state index contributed by atoms with van der Waals surface area (Å²) in [5.74, 6) is 0.0775. The van der Waals surface area contributed by atoms with E-state index < -0.39 is 24.3 Å². The molecule has 2 N–H and O–H groups in total. The van der Waals surface area contributed by atoms with Gasteiger partial charge >= 0.3 is 11.9 Å². The summed E-state index contributed by atoms with van der Waals surface area (Å²) in [5, 5.41) is 25.5. The van der Waals surface area contributed by atoms with Crippen molar-refractivity contribution >= 4 is 11.9 Å². The first-order valence-electron chi connectivity index (χ1n) is 18.3. The van der Waals surface area contributed by atoms with E-state index in [4.69, 9.17) is 14.5 Å². The van der Waals surface area contributed by atoms with Gasteiger partial charge in [-0.05, 0) is 48.6 Å². The number of aliphatic hydroxyl groups is 1. The number of unbranched alkanes of at least 4 members (excludes halogenated alkanes) is 10. The number of tetrazole rings is 1. The number of esters is 2. The lowest BCUT2D eigenvalue weighted by Crippen LogP contribution is -2.24. The Labute approximate surface area is 296 Å². The summed E-state index contributed by atoms with van der Waals surface area (Å²) in [7, 11) is 0. The number of imidazole rings is 1. The Balaban J connectivity index is 1.36. The molecule has 0 fully saturated rings. The molecule has 270 valence electrons. The lowest BCUT2D eigenvalue weighted by molar-refractivity contribution is -0.152. The van der Waals surface area contributed by atoms with Crippen LogP contribution in [0.2, 0.25) is 0 Å². The van der Waals surface area contributed by atoms with Crippen LogP contribution in [0, 0.1) is 0 Å². The number of carbonyl (C=O) groups excluding carboxylic acids is 2. The molecule has 4 rings (SSSR count). The zero-order chi connectivity index (χ0) is 35.8. The number of aromatic nitrogens is 6. The number of benzene rings is 2. The second kappa shape index (κ2) is 19.7. The second-order valence-corrected chi connectivity index (χ2v) is 13.4. The van der Waals surface area contributed by atoms with Crippen LogP contribution in [-0.4, -0.2) is 54.0 Å². The molecule has 0 atom stereocenters. The molecule has 2 aromatic heterocycles. The first kappa shape index (κ1) is 38.4. The maximum atomic E-state index is 13.6. The highest BCUT2D eigenvalue weighted by molar-refractivity contribution is 5.89. The van der Waals surface area contributed by atoms with Crippen molar-refractivity contribution in [1.29, 1.82) is 0 Å². The highest BCUT2D eigenvalue weighted by Crippen LogP contribution is 2.31. The number of aromatic amines is 1. The normalized spacial score (nSPS) is 11.5. The van der Waals surface area contributed by atoms with E-state index in [9.17, 15) is 14.7 Å². The number of hydrogen-bond donors (Lipinski definition) is 2. The second-order valence-electron chi connectivity index (χ2n) is 13.4. The Kier molecular flexibility index (Phi) is 15.2. The van der Waals surface area contributed by atoms with Crippen LogP contribution in [0.25, 0.3) is 22.5 Å². The van der Waals surface area contributed by atoms with Gasteiger partial charge in [-0.3, -0.25) is 4.79 Å². The van der Waals surface area contributed by atoms with Crippen LogP contribution in [0.5, 0.6) is 0 Å². The number of nitrogens with zero attached hydrogens (tertiary/aromatic N) is 5. The predicted octanol–water partition coefficient (Wildman–Crippen LogP) is 8.32. The third-order valence-corrected chi connectivity index (χ3v) is 8.81. The number of aryl methyl sites for hydroxylation is 1. The number of carbonyl (C=O) groups is 2. The minimum absolute atomic E-state index is 0.147. The summed E-state index contributed by atoms with van der Waals surface area (Å²) in [6.07, 6.45) is 14.8. The van der Waals surface area contributed by atoms with Crippen molar-refractivity contribution in [2.45, 2.75) is 130 Å².